The minimum atomic E-state index is -1.36. The van der Waals surface area contributed by atoms with Crippen LogP contribution in [0, 0.1) is 28.6 Å². The average Bonchev–Trinajstić information content (AvgIpc) is 2.87. The molecule has 140 valence electrons. The van der Waals surface area contributed by atoms with Crippen LogP contribution in [0.25, 0.3) is 0 Å². The SMILES string of the molecule is CC12CCC(O)CC1=CCC1C2CCC2(C)C1CC[C@]2(O)C(=O)CO. The number of carbonyl (C=O) groups is 1. The lowest BCUT2D eigenvalue weighted by Gasteiger charge is -2.58. The summed E-state index contributed by atoms with van der Waals surface area (Å²) in [6, 6.07) is 0. The maximum atomic E-state index is 12.3. The number of Topliss-reactive ketones (excluding diaryl/α,β-unsaturated/α-hetero) is 1. The normalized spacial score (nSPS) is 52.0. The van der Waals surface area contributed by atoms with Crippen molar-refractivity contribution < 1.29 is 20.1 Å². The molecule has 3 fully saturated rings. The average molecular weight is 348 g/mol. The first kappa shape index (κ1) is 17.7. The fraction of sp³-hybridized carbons (Fsp3) is 0.857. The van der Waals surface area contributed by atoms with Crippen molar-refractivity contribution in [3.8, 4) is 0 Å². The van der Waals surface area contributed by atoms with Gasteiger partial charge in [0.2, 0.25) is 0 Å². The van der Waals surface area contributed by atoms with Gasteiger partial charge in [0, 0.05) is 5.41 Å². The maximum absolute atomic E-state index is 12.3. The van der Waals surface area contributed by atoms with Crippen molar-refractivity contribution >= 4 is 5.78 Å². The van der Waals surface area contributed by atoms with E-state index in [1.807, 2.05) is 0 Å². The van der Waals surface area contributed by atoms with Crippen LogP contribution in [0.1, 0.15) is 65.2 Å². The topological polar surface area (TPSA) is 77.8 Å². The minimum Gasteiger partial charge on any atom is -0.393 e. The van der Waals surface area contributed by atoms with E-state index >= 15 is 0 Å². The van der Waals surface area contributed by atoms with Crippen LogP contribution in [0.15, 0.2) is 11.6 Å². The molecule has 3 saturated carbocycles. The second-order valence-electron chi connectivity index (χ2n) is 9.59. The number of hydrogen-bond donors (Lipinski definition) is 3. The third kappa shape index (κ3) is 2.20. The van der Waals surface area contributed by atoms with E-state index in [0.29, 0.717) is 24.2 Å². The molecule has 25 heavy (non-hydrogen) atoms. The first-order chi connectivity index (χ1) is 11.8. The van der Waals surface area contributed by atoms with Gasteiger partial charge in [-0.3, -0.25) is 4.79 Å². The highest BCUT2D eigenvalue weighted by atomic mass is 16.3. The van der Waals surface area contributed by atoms with Crippen LogP contribution >= 0.6 is 0 Å². The molecular weight excluding hydrogens is 316 g/mol. The van der Waals surface area contributed by atoms with E-state index in [0.717, 1.165) is 44.9 Å². The lowest BCUT2D eigenvalue weighted by Crippen LogP contribution is -2.58. The highest BCUT2D eigenvalue weighted by Crippen LogP contribution is 2.67. The van der Waals surface area contributed by atoms with E-state index in [-0.39, 0.29) is 11.5 Å². The summed E-state index contributed by atoms with van der Waals surface area (Å²) in [6.45, 7) is 3.90. The van der Waals surface area contributed by atoms with Crippen LogP contribution in [0.5, 0.6) is 0 Å². The smallest absolute Gasteiger partial charge is 0.190 e. The molecule has 0 saturated heterocycles. The monoisotopic (exact) mass is 348 g/mol. The Kier molecular flexibility index (Phi) is 3.99. The van der Waals surface area contributed by atoms with Crippen LogP contribution in [-0.2, 0) is 4.79 Å². The summed E-state index contributed by atoms with van der Waals surface area (Å²) in [6.07, 6.45) is 9.17. The maximum Gasteiger partial charge on any atom is 0.190 e. The molecule has 4 rings (SSSR count). The summed E-state index contributed by atoms with van der Waals surface area (Å²) >= 11 is 0. The number of fused-ring (bicyclic) bond motifs is 5. The van der Waals surface area contributed by atoms with Gasteiger partial charge in [0.05, 0.1) is 6.10 Å². The fourth-order valence-electron chi connectivity index (χ4n) is 7.25. The molecule has 4 nitrogen and oxygen atoms in total. The molecule has 0 spiro atoms. The molecule has 6 unspecified atom stereocenters. The van der Waals surface area contributed by atoms with Gasteiger partial charge in [-0.05, 0) is 74.5 Å². The van der Waals surface area contributed by atoms with E-state index in [2.05, 4.69) is 19.9 Å². The Hall–Kier alpha value is -0.710. The molecule has 0 aliphatic heterocycles. The molecule has 0 amide bonds. The van der Waals surface area contributed by atoms with Crippen molar-refractivity contribution in [3.63, 3.8) is 0 Å². The van der Waals surface area contributed by atoms with E-state index in [1.165, 1.54) is 5.57 Å². The first-order valence-electron chi connectivity index (χ1n) is 10.0. The molecule has 4 aliphatic carbocycles. The Balaban J connectivity index is 1.68. The standard InChI is InChI=1S/C21H32O4/c1-19-8-5-14(23)11-13(19)3-4-15-16(19)6-9-20(2)17(15)7-10-21(20,25)18(24)12-22/h3,14-17,22-23,25H,4-12H2,1-2H3/t14?,15?,16?,17?,19?,20?,21-/m0/s1. The molecule has 7 atom stereocenters. The van der Waals surface area contributed by atoms with Crippen molar-refractivity contribution in [2.24, 2.45) is 28.6 Å². The largest absolute Gasteiger partial charge is 0.393 e. The zero-order chi connectivity index (χ0) is 18.0. The number of rotatable bonds is 2. The second kappa shape index (κ2) is 5.64. The molecule has 0 aromatic heterocycles. The molecule has 0 heterocycles. The van der Waals surface area contributed by atoms with Gasteiger partial charge in [-0.25, -0.2) is 0 Å². The highest BCUT2D eigenvalue weighted by molar-refractivity contribution is 5.89. The lowest BCUT2D eigenvalue weighted by molar-refractivity contribution is -0.163. The Labute approximate surface area is 150 Å². The number of ketones is 1. The van der Waals surface area contributed by atoms with Crippen molar-refractivity contribution in [1.82, 2.24) is 0 Å². The van der Waals surface area contributed by atoms with Gasteiger partial charge in [-0.2, -0.15) is 0 Å². The molecule has 3 N–H and O–H groups in total. The van der Waals surface area contributed by atoms with Crippen molar-refractivity contribution in [3.05, 3.63) is 11.6 Å². The van der Waals surface area contributed by atoms with Crippen LogP contribution in [0.3, 0.4) is 0 Å². The number of aliphatic hydroxyl groups excluding tert-OH is 2. The summed E-state index contributed by atoms with van der Waals surface area (Å²) in [5.41, 5.74) is -0.157. The quantitative estimate of drug-likeness (QED) is 0.670. The Morgan fingerprint density at radius 1 is 1.16 bits per heavy atom. The van der Waals surface area contributed by atoms with Crippen LogP contribution in [0.4, 0.5) is 0 Å². The van der Waals surface area contributed by atoms with Gasteiger partial charge < -0.3 is 15.3 Å². The summed E-state index contributed by atoms with van der Waals surface area (Å²) in [5.74, 6) is 1.04. The second-order valence-corrected chi connectivity index (χ2v) is 9.59. The third-order valence-electron chi connectivity index (χ3n) is 8.83. The fourth-order valence-corrected chi connectivity index (χ4v) is 7.25. The molecule has 0 radical (unpaired) electrons. The van der Waals surface area contributed by atoms with Crippen LogP contribution in [0.2, 0.25) is 0 Å². The van der Waals surface area contributed by atoms with Gasteiger partial charge in [-0.1, -0.05) is 25.5 Å². The first-order valence-corrected chi connectivity index (χ1v) is 10.0. The van der Waals surface area contributed by atoms with Crippen LogP contribution < -0.4 is 0 Å². The summed E-state index contributed by atoms with van der Waals surface area (Å²) in [7, 11) is 0. The predicted octanol–water partition coefficient (Wildman–Crippen LogP) is 2.60. The molecule has 4 aliphatic rings. The minimum absolute atomic E-state index is 0.172. The molecule has 0 bridgehead atoms. The van der Waals surface area contributed by atoms with Crippen LogP contribution in [-0.4, -0.2) is 39.4 Å². The highest BCUT2D eigenvalue weighted by Gasteiger charge is 2.65. The van der Waals surface area contributed by atoms with Gasteiger partial charge in [0.25, 0.3) is 0 Å². The van der Waals surface area contributed by atoms with E-state index in [9.17, 15) is 20.1 Å². The Morgan fingerprint density at radius 2 is 1.88 bits per heavy atom. The predicted molar refractivity (Wildman–Crippen MR) is 94.8 cm³/mol. The van der Waals surface area contributed by atoms with Crippen molar-refractivity contribution in [2.75, 3.05) is 6.61 Å². The van der Waals surface area contributed by atoms with Gasteiger partial charge in [0.1, 0.15) is 12.2 Å². The molecule has 0 aromatic carbocycles. The Morgan fingerprint density at radius 3 is 2.60 bits per heavy atom. The Bertz CT molecular complexity index is 613. The molecular formula is C21H32O4. The zero-order valence-corrected chi connectivity index (χ0v) is 15.5. The van der Waals surface area contributed by atoms with E-state index in [1.54, 1.807) is 0 Å². The summed E-state index contributed by atoms with van der Waals surface area (Å²) in [4.78, 5) is 12.3. The molecule has 4 heteroatoms. The van der Waals surface area contributed by atoms with E-state index in [4.69, 9.17) is 0 Å². The number of allylic oxidation sites excluding steroid dienone is 1. The van der Waals surface area contributed by atoms with E-state index < -0.39 is 23.4 Å². The zero-order valence-electron chi connectivity index (χ0n) is 15.5. The van der Waals surface area contributed by atoms with Gasteiger partial charge in [-0.15, -0.1) is 0 Å². The summed E-state index contributed by atoms with van der Waals surface area (Å²) in [5, 5.41) is 30.6. The number of hydrogen-bond acceptors (Lipinski definition) is 4. The summed E-state index contributed by atoms with van der Waals surface area (Å²) < 4.78 is 0. The number of carbonyl (C=O) groups excluding carboxylic acids is 1. The molecule has 0 aromatic rings. The van der Waals surface area contributed by atoms with Gasteiger partial charge >= 0.3 is 0 Å². The number of aliphatic hydroxyl groups is 3. The van der Waals surface area contributed by atoms with Crippen molar-refractivity contribution in [2.45, 2.75) is 76.9 Å². The third-order valence-corrected chi connectivity index (χ3v) is 8.83. The van der Waals surface area contributed by atoms with Gasteiger partial charge in [0.15, 0.2) is 5.78 Å². The lowest BCUT2D eigenvalue weighted by atomic mass is 9.46. The van der Waals surface area contributed by atoms with Crippen molar-refractivity contribution in [1.29, 1.82) is 0 Å².